The van der Waals surface area contributed by atoms with Gasteiger partial charge in [0.2, 0.25) is 0 Å². The lowest BCUT2D eigenvalue weighted by molar-refractivity contribution is 0.0595. The normalized spacial score (nSPS) is 9.80. The van der Waals surface area contributed by atoms with Crippen LogP contribution in [0.2, 0.25) is 0 Å². The minimum absolute atomic E-state index is 0.257. The Labute approximate surface area is 85.3 Å². The van der Waals surface area contributed by atoms with E-state index in [0.717, 1.165) is 7.11 Å². The largest absolute Gasteiger partial charge is 0.478 e. The predicted octanol–water partition coefficient (Wildman–Crippen LogP) is 1.62. The molecule has 0 aromatic heterocycles. The number of halogens is 1. The van der Waals surface area contributed by atoms with Gasteiger partial charge < -0.3 is 9.84 Å². The lowest BCUT2D eigenvalue weighted by atomic mass is 10.0. The minimum atomic E-state index is -1.41. The lowest BCUT2D eigenvalue weighted by Crippen LogP contribution is -2.11. The van der Waals surface area contributed by atoms with Gasteiger partial charge in [0, 0.05) is 0 Å². The number of methoxy groups -OCH3 is 1. The van der Waals surface area contributed by atoms with Gasteiger partial charge in [0.1, 0.15) is 0 Å². The summed E-state index contributed by atoms with van der Waals surface area (Å²) in [6.45, 7) is 1.45. The molecule has 1 rings (SSSR count). The quantitative estimate of drug-likeness (QED) is 0.756. The fourth-order valence-corrected chi connectivity index (χ4v) is 1.20. The first-order chi connectivity index (χ1) is 6.99. The Kier molecular flexibility index (Phi) is 3.04. The van der Waals surface area contributed by atoms with E-state index in [2.05, 4.69) is 4.74 Å². The van der Waals surface area contributed by atoms with Crippen LogP contribution in [0.15, 0.2) is 12.1 Å². The molecule has 0 saturated carbocycles. The molecule has 15 heavy (non-hydrogen) atoms. The summed E-state index contributed by atoms with van der Waals surface area (Å²) in [6.07, 6.45) is 0. The van der Waals surface area contributed by atoms with Gasteiger partial charge in [-0.1, -0.05) is 6.07 Å². The number of aromatic carboxylic acids is 1. The summed E-state index contributed by atoms with van der Waals surface area (Å²) < 4.78 is 17.9. The first-order valence-electron chi connectivity index (χ1n) is 4.09. The first-order valence-corrected chi connectivity index (χ1v) is 4.09. The van der Waals surface area contributed by atoms with Crippen molar-refractivity contribution in [1.29, 1.82) is 0 Å². The van der Waals surface area contributed by atoms with Gasteiger partial charge in [-0.05, 0) is 18.6 Å². The number of carboxylic acids is 1. The zero-order chi connectivity index (χ0) is 11.6. The summed E-state index contributed by atoms with van der Waals surface area (Å²) in [6, 6.07) is 2.56. The molecule has 0 aliphatic rings. The van der Waals surface area contributed by atoms with Crippen LogP contribution in [0.25, 0.3) is 0 Å². The Morgan fingerprint density at radius 3 is 2.47 bits per heavy atom. The van der Waals surface area contributed by atoms with Crippen LogP contribution in [0.5, 0.6) is 0 Å². The Hall–Kier alpha value is -1.91. The monoisotopic (exact) mass is 212 g/mol. The Bertz CT molecular complexity index is 426. The molecule has 0 aliphatic carbocycles. The topological polar surface area (TPSA) is 63.6 Å². The van der Waals surface area contributed by atoms with Crippen molar-refractivity contribution < 1.29 is 23.8 Å². The van der Waals surface area contributed by atoms with Gasteiger partial charge in [0.25, 0.3) is 0 Å². The van der Waals surface area contributed by atoms with Crippen LogP contribution in [-0.2, 0) is 4.74 Å². The number of hydrogen-bond donors (Lipinski definition) is 1. The highest BCUT2D eigenvalue weighted by atomic mass is 19.1. The van der Waals surface area contributed by atoms with Crippen molar-refractivity contribution in [3.63, 3.8) is 0 Å². The highest BCUT2D eigenvalue weighted by Crippen LogP contribution is 2.18. The van der Waals surface area contributed by atoms with Crippen LogP contribution in [0.3, 0.4) is 0 Å². The summed E-state index contributed by atoms with van der Waals surface area (Å²) in [7, 11) is 1.10. The van der Waals surface area contributed by atoms with Crippen molar-refractivity contribution in [2.45, 2.75) is 6.92 Å². The number of aryl methyl sites for hydroxylation is 1. The molecule has 0 saturated heterocycles. The van der Waals surface area contributed by atoms with Crippen LogP contribution < -0.4 is 0 Å². The SMILES string of the molecule is COC(=O)c1ccc(C)c(C(=O)O)c1F. The maximum Gasteiger partial charge on any atom is 0.340 e. The molecule has 0 radical (unpaired) electrons. The molecule has 0 spiro atoms. The standard InChI is InChI=1S/C10H9FO4/c1-5-3-4-6(10(14)15-2)8(11)7(5)9(12)13/h3-4H,1-2H3,(H,12,13). The van der Waals surface area contributed by atoms with Crippen molar-refractivity contribution in [2.24, 2.45) is 0 Å². The van der Waals surface area contributed by atoms with Gasteiger partial charge in [0.15, 0.2) is 5.82 Å². The van der Waals surface area contributed by atoms with Crippen LogP contribution in [0, 0.1) is 12.7 Å². The number of hydrogen-bond acceptors (Lipinski definition) is 3. The molecular weight excluding hydrogens is 203 g/mol. The molecule has 4 nitrogen and oxygen atoms in total. The summed E-state index contributed by atoms with van der Waals surface area (Å²) >= 11 is 0. The number of carbonyl (C=O) groups excluding carboxylic acids is 1. The van der Waals surface area contributed by atoms with E-state index in [-0.39, 0.29) is 11.1 Å². The second-order valence-corrected chi connectivity index (χ2v) is 2.92. The van der Waals surface area contributed by atoms with Crippen molar-refractivity contribution >= 4 is 11.9 Å². The molecule has 0 aliphatic heterocycles. The van der Waals surface area contributed by atoms with E-state index in [1.54, 1.807) is 0 Å². The summed E-state index contributed by atoms with van der Waals surface area (Å²) in [5.74, 6) is -3.36. The smallest absolute Gasteiger partial charge is 0.340 e. The molecule has 1 aromatic rings. The van der Waals surface area contributed by atoms with E-state index in [9.17, 15) is 14.0 Å². The van der Waals surface area contributed by atoms with Crippen molar-refractivity contribution in [3.8, 4) is 0 Å². The van der Waals surface area contributed by atoms with Gasteiger partial charge in [-0.3, -0.25) is 0 Å². The number of esters is 1. The lowest BCUT2D eigenvalue weighted by Gasteiger charge is -2.06. The zero-order valence-electron chi connectivity index (χ0n) is 8.20. The summed E-state index contributed by atoms with van der Waals surface area (Å²) in [4.78, 5) is 21.8. The fraction of sp³-hybridized carbons (Fsp3) is 0.200. The zero-order valence-corrected chi connectivity index (χ0v) is 8.20. The summed E-state index contributed by atoms with van der Waals surface area (Å²) in [5, 5.41) is 8.73. The number of rotatable bonds is 2. The van der Waals surface area contributed by atoms with Crippen molar-refractivity contribution in [2.75, 3.05) is 7.11 Å². The minimum Gasteiger partial charge on any atom is -0.478 e. The third-order valence-electron chi connectivity index (χ3n) is 1.97. The van der Waals surface area contributed by atoms with Gasteiger partial charge in [-0.2, -0.15) is 0 Å². The highest BCUT2D eigenvalue weighted by Gasteiger charge is 2.21. The molecule has 0 amide bonds. The van der Waals surface area contributed by atoms with E-state index in [0.29, 0.717) is 0 Å². The van der Waals surface area contributed by atoms with Gasteiger partial charge in [-0.15, -0.1) is 0 Å². The van der Waals surface area contributed by atoms with Crippen molar-refractivity contribution in [1.82, 2.24) is 0 Å². The Balaban J connectivity index is 3.41. The number of benzene rings is 1. The third kappa shape index (κ3) is 1.96. The van der Waals surface area contributed by atoms with Crippen LogP contribution >= 0.6 is 0 Å². The highest BCUT2D eigenvalue weighted by molar-refractivity contribution is 5.96. The molecule has 5 heteroatoms. The molecular formula is C10H9FO4. The number of ether oxygens (including phenoxy) is 1. The average Bonchev–Trinajstić information content (AvgIpc) is 2.16. The Morgan fingerprint density at radius 2 is 2.00 bits per heavy atom. The van der Waals surface area contributed by atoms with E-state index in [1.165, 1.54) is 19.1 Å². The van der Waals surface area contributed by atoms with E-state index < -0.39 is 23.3 Å². The molecule has 0 unspecified atom stereocenters. The molecule has 1 N–H and O–H groups in total. The molecule has 80 valence electrons. The Morgan fingerprint density at radius 1 is 1.40 bits per heavy atom. The maximum atomic E-state index is 13.5. The molecule has 0 fully saturated rings. The van der Waals surface area contributed by atoms with Gasteiger partial charge >= 0.3 is 11.9 Å². The molecule has 0 bridgehead atoms. The number of carboxylic acid groups (broad SMARTS) is 1. The predicted molar refractivity (Wildman–Crippen MR) is 49.4 cm³/mol. The third-order valence-corrected chi connectivity index (χ3v) is 1.97. The van der Waals surface area contributed by atoms with E-state index in [1.807, 2.05) is 0 Å². The second kappa shape index (κ2) is 4.08. The number of carbonyl (C=O) groups is 2. The van der Waals surface area contributed by atoms with Crippen LogP contribution in [-0.4, -0.2) is 24.2 Å². The van der Waals surface area contributed by atoms with Crippen molar-refractivity contribution in [3.05, 3.63) is 34.6 Å². The summed E-state index contributed by atoms with van der Waals surface area (Å²) in [5.41, 5.74) is -0.619. The second-order valence-electron chi connectivity index (χ2n) is 2.92. The van der Waals surface area contributed by atoms with Gasteiger partial charge in [0.05, 0.1) is 18.2 Å². The maximum absolute atomic E-state index is 13.5. The van der Waals surface area contributed by atoms with Gasteiger partial charge in [-0.25, -0.2) is 14.0 Å². The molecule has 0 atom stereocenters. The van der Waals surface area contributed by atoms with E-state index >= 15 is 0 Å². The van der Waals surface area contributed by atoms with Crippen LogP contribution in [0.1, 0.15) is 26.3 Å². The molecule has 0 heterocycles. The van der Waals surface area contributed by atoms with E-state index in [4.69, 9.17) is 5.11 Å². The van der Waals surface area contributed by atoms with Crippen LogP contribution in [0.4, 0.5) is 4.39 Å². The average molecular weight is 212 g/mol. The first kappa shape index (κ1) is 11.2. The fourth-order valence-electron chi connectivity index (χ4n) is 1.20. The molecule has 1 aromatic carbocycles.